The van der Waals surface area contributed by atoms with E-state index in [0.29, 0.717) is 0 Å². The molecule has 3 nitrogen and oxygen atoms in total. The molecule has 1 saturated carbocycles. The van der Waals surface area contributed by atoms with E-state index in [2.05, 4.69) is 37.4 Å². The monoisotopic (exact) mass is 311 g/mol. The molecule has 1 aromatic carbocycles. The summed E-state index contributed by atoms with van der Waals surface area (Å²) in [5.41, 5.74) is 4.31. The van der Waals surface area contributed by atoms with E-state index in [1.807, 2.05) is 26.8 Å². The van der Waals surface area contributed by atoms with Gasteiger partial charge in [-0.15, -0.1) is 0 Å². The number of benzene rings is 1. The Labute approximate surface area is 138 Å². The van der Waals surface area contributed by atoms with Crippen LogP contribution >= 0.6 is 0 Å². The lowest BCUT2D eigenvalue weighted by Crippen LogP contribution is -2.36. The van der Waals surface area contributed by atoms with Crippen LogP contribution in [0.5, 0.6) is 0 Å². The number of carbonyl (C=O) groups is 1. The van der Waals surface area contributed by atoms with Gasteiger partial charge in [0.25, 0.3) is 0 Å². The summed E-state index contributed by atoms with van der Waals surface area (Å²) >= 11 is 0. The lowest BCUT2D eigenvalue weighted by Gasteiger charge is -2.20. The average molecular weight is 311 g/mol. The van der Waals surface area contributed by atoms with E-state index in [1.165, 1.54) is 11.1 Å². The Balaban J connectivity index is 1.81. The molecule has 23 heavy (non-hydrogen) atoms. The fourth-order valence-corrected chi connectivity index (χ4v) is 3.52. The Bertz CT molecular complexity index is 733. The molecule has 1 atom stereocenters. The van der Waals surface area contributed by atoms with Gasteiger partial charge in [0.05, 0.1) is 11.5 Å². The maximum Gasteiger partial charge on any atom is 0.231 e. The van der Waals surface area contributed by atoms with Crippen LogP contribution in [0.15, 0.2) is 28.7 Å². The van der Waals surface area contributed by atoms with Crippen molar-refractivity contribution in [3.05, 3.63) is 58.0 Å². The molecular formula is C20H25NO2. The van der Waals surface area contributed by atoms with E-state index >= 15 is 0 Å². The maximum absolute atomic E-state index is 12.9. The molecule has 1 N–H and O–H groups in total. The largest absolute Gasteiger partial charge is 0.466 e. The van der Waals surface area contributed by atoms with E-state index < -0.39 is 0 Å². The summed E-state index contributed by atoms with van der Waals surface area (Å²) in [7, 11) is 0. The first-order valence-electron chi connectivity index (χ1n) is 8.28. The molecule has 1 heterocycles. The third-order valence-corrected chi connectivity index (χ3v) is 4.85. The second kappa shape index (κ2) is 5.55. The Morgan fingerprint density at radius 2 is 1.70 bits per heavy atom. The summed E-state index contributed by atoms with van der Waals surface area (Å²) in [6.07, 6.45) is 1.86. The lowest BCUT2D eigenvalue weighted by molar-refractivity contribution is -0.124. The lowest BCUT2D eigenvalue weighted by atomic mass is 9.91. The summed E-state index contributed by atoms with van der Waals surface area (Å²) in [6.45, 7) is 10.1. The molecule has 1 aliphatic rings. The molecule has 1 aromatic heterocycles. The van der Waals surface area contributed by atoms with Gasteiger partial charge in [-0.3, -0.25) is 4.79 Å². The van der Waals surface area contributed by atoms with Crippen LogP contribution in [-0.4, -0.2) is 5.91 Å². The molecule has 0 bridgehead atoms. The van der Waals surface area contributed by atoms with Crippen molar-refractivity contribution in [1.82, 2.24) is 5.32 Å². The van der Waals surface area contributed by atoms with Gasteiger partial charge in [-0.05, 0) is 59.1 Å². The third kappa shape index (κ3) is 2.92. The first-order valence-corrected chi connectivity index (χ1v) is 8.28. The van der Waals surface area contributed by atoms with E-state index in [0.717, 1.165) is 35.5 Å². The number of nitrogens with one attached hydrogen (secondary N) is 1. The summed E-state index contributed by atoms with van der Waals surface area (Å²) < 4.78 is 5.58. The van der Waals surface area contributed by atoms with Crippen molar-refractivity contribution in [1.29, 1.82) is 0 Å². The number of hydrogen-bond donors (Lipinski definition) is 1. The zero-order valence-electron chi connectivity index (χ0n) is 14.6. The highest BCUT2D eigenvalue weighted by molar-refractivity contribution is 5.91. The molecule has 122 valence electrons. The summed E-state index contributed by atoms with van der Waals surface area (Å²) in [5, 5.41) is 3.19. The highest BCUT2D eigenvalue weighted by Gasteiger charge is 2.51. The minimum atomic E-state index is -0.336. The van der Waals surface area contributed by atoms with Crippen molar-refractivity contribution in [3.63, 3.8) is 0 Å². The smallest absolute Gasteiger partial charge is 0.231 e. The molecule has 0 radical (unpaired) electrons. The number of carbonyl (C=O) groups excluding carboxylic acids is 1. The first kappa shape index (κ1) is 15.9. The van der Waals surface area contributed by atoms with E-state index in [1.54, 1.807) is 0 Å². The molecule has 3 heteroatoms. The van der Waals surface area contributed by atoms with E-state index in [9.17, 15) is 4.79 Å². The van der Waals surface area contributed by atoms with Crippen molar-refractivity contribution in [2.45, 2.75) is 58.9 Å². The molecule has 1 aliphatic carbocycles. The minimum absolute atomic E-state index is 0.0386. The van der Waals surface area contributed by atoms with Crippen LogP contribution in [0.1, 0.15) is 59.6 Å². The third-order valence-electron chi connectivity index (χ3n) is 4.85. The van der Waals surface area contributed by atoms with Gasteiger partial charge in [0.2, 0.25) is 5.91 Å². The van der Waals surface area contributed by atoms with Crippen molar-refractivity contribution in [3.8, 4) is 0 Å². The number of furan rings is 1. The second-order valence-corrected chi connectivity index (χ2v) is 7.02. The highest BCUT2D eigenvalue weighted by atomic mass is 16.3. The van der Waals surface area contributed by atoms with Gasteiger partial charge in [0.1, 0.15) is 11.5 Å². The number of aryl methyl sites for hydroxylation is 4. The molecular weight excluding hydrogens is 286 g/mol. The van der Waals surface area contributed by atoms with Crippen molar-refractivity contribution in [2.24, 2.45) is 0 Å². The van der Waals surface area contributed by atoms with Gasteiger partial charge in [-0.1, -0.05) is 29.3 Å². The van der Waals surface area contributed by atoms with Crippen LogP contribution in [0.2, 0.25) is 0 Å². The van der Waals surface area contributed by atoms with Crippen LogP contribution in [0, 0.1) is 27.7 Å². The number of rotatable bonds is 4. The molecule has 0 saturated heterocycles. The quantitative estimate of drug-likeness (QED) is 0.908. The minimum Gasteiger partial charge on any atom is -0.466 e. The molecule has 1 unspecified atom stereocenters. The fourth-order valence-electron chi connectivity index (χ4n) is 3.52. The summed E-state index contributed by atoms with van der Waals surface area (Å²) in [6, 6.07) is 8.42. The van der Waals surface area contributed by atoms with Crippen LogP contribution in [0.4, 0.5) is 0 Å². The molecule has 1 fully saturated rings. The fraction of sp³-hybridized carbons (Fsp3) is 0.450. The molecule has 0 spiro atoms. The van der Waals surface area contributed by atoms with Gasteiger partial charge in [0.15, 0.2) is 0 Å². The standard InChI is InChI=1S/C20H25NO2/c1-12-8-13(2)10-17(9-12)20(6-7-20)19(22)21-15(4)18-11-14(3)23-16(18)5/h8-11,15H,6-7H2,1-5H3,(H,21,22). The molecule has 2 aromatic rings. The van der Waals surface area contributed by atoms with Gasteiger partial charge in [0, 0.05) is 5.56 Å². The predicted molar refractivity (Wildman–Crippen MR) is 91.6 cm³/mol. The molecule has 0 aliphatic heterocycles. The zero-order valence-corrected chi connectivity index (χ0v) is 14.6. The van der Waals surface area contributed by atoms with Crippen LogP contribution < -0.4 is 5.32 Å². The Hall–Kier alpha value is -2.03. The Kier molecular flexibility index (Phi) is 3.83. The topological polar surface area (TPSA) is 42.2 Å². The van der Waals surface area contributed by atoms with Gasteiger partial charge in [-0.25, -0.2) is 0 Å². The maximum atomic E-state index is 12.9. The van der Waals surface area contributed by atoms with E-state index in [-0.39, 0.29) is 17.4 Å². The highest BCUT2D eigenvalue weighted by Crippen LogP contribution is 2.49. The van der Waals surface area contributed by atoms with Gasteiger partial charge >= 0.3 is 0 Å². The molecule has 1 amide bonds. The van der Waals surface area contributed by atoms with Gasteiger partial charge < -0.3 is 9.73 Å². The van der Waals surface area contributed by atoms with Gasteiger partial charge in [-0.2, -0.15) is 0 Å². The molecule has 3 rings (SSSR count). The SMILES string of the molecule is Cc1cc(C)cc(C2(C(=O)NC(C)c3cc(C)oc3C)CC2)c1. The Morgan fingerprint density at radius 3 is 2.17 bits per heavy atom. The average Bonchev–Trinajstić information content (AvgIpc) is 3.18. The number of amides is 1. The van der Waals surface area contributed by atoms with Crippen LogP contribution in [0.25, 0.3) is 0 Å². The second-order valence-electron chi connectivity index (χ2n) is 7.02. The van der Waals surface area contributed by atoms with Crippen molar-refractivity contribution >= 4 is 5.91 Å². The zero-order chi connectivity index (χ0) is 16.8. The number of hydrogen-bond acceptors (Lipinski definition) is 2. The summed E-state index contributed by atoms with van der Waals surface area (Å²) in [5.74, 6) is 1.90. The normalized spacial score (nSPS) is 16.9. The first-order chi connectivity index (χ1) is 10.8. The summed E-state index contributed by atoms with van der Waals surface area (Å²) in [4.78, 5) is 12.9. The van der Waals surface area contributed by atoms with Crippen molar-refractivity contribution < 1.29 is 9.21 Å². The van der Waals surface area contributed by atoms with Crippen LogP contribution in [-0.2, 0) is 10.2 Å². The Morgan fingerprint density at radius 1 is 1.09 bits per heavy atom. The van der Waals surface area contributed by atoms with Crippen molar-refractivity contribution in [2.75, 3.05) is 0 Å². The van der Waals surface area contributed by atoms with E-state index in [4.69, 9.17) is 4.42 Å². The van der Waals surface area contributed by atoms with Crippen LogP contribution in [0.3, 0.4) is 0 Å². The predicted octanol–water partition coefficient (Wildman–Crippen LogP) is 4.42.